The number of nitrogens with zero attached hydrogens (tertiary/aromatic N) is 3. The van der Waals surface area contributed by atoms with Crippen molar-refractivity contribution in [1.82, 2.24) is 19.5 Å². The van der Waals surface area contributed by atoms with Crippen LogP contribution in [0.25, 0.3) is 4.85 Å². The lowest BCUT2D eigenvalue weighted by atomic mass is 9.80. The maximum Gasteiger partial charge on any atom is 0.330 e. The summed E-state index contributed by atoms with van der Waals surface area (Å²) >= 11 is 0. The number of carbonyl (C=O) groups excluding carboxylic acids is 1. The van der Waals surface area contributed by atoms with Crippen molar-refractivity contribution < 1.29 is 37.2 Å². The van der Waals surface area contributed by atoms with Crippen molar-refractivity contribution in [3.05, 3.63) is 169 Å². The van der Waals surface area contributed by atoms with Gasteiger partial charge in [0.1, 0.15) is 47.4 Å². The van der Waals surface area contributed by atoms with E-state index in [1.807, 2.05) is 103 Å². The summed E-state index contributed by atoms with van der Waals surface area (Å²) in [7, 11) is -0.545. The lowest BCUT2D eigenvalue weighted by molar-refractivity contribution is -0.120. The molecule has 1 aliphatic heterocycles. The highest BCUT2D eigenvalue weighted by molar-refractivity contribution is 7.44. The number of hydrogen-bond donors (Lipinski definition) is 2. The molecule has 17 heteroatoms. The monoisotopic (exact) mass is 1030 g/mol. The zero-order valence-corrected chi connectivity index (χ0v) is 45.8. The van der Waals surface area contributed by atoms with Crippen molar-refractivity contribution in [1.29, 1.82) is 0 Å². The third-order valence-electron chi connectivity index (χ3n) is 13.0. The topological polar surface area (TPSA) is 156 Å². The summed E-state index contributed by atoms with van der Waals surface area (Å²) in [6.45, 7) is 26.8. The molecule has 0 aliphatic carbocycles. The molecule has 1 saturated heterocycles. The van der Waals surface area contributed by atoms with Gasteiger partial charge in [-0.05, 0) is 104 Å². The van der Waals surface area contributed by atoms with E-state index in [4.69, 9.17) is 39.0 Å². The van der Waals surface area contributed by atoms with Gasteiger partial charge in [0.2, 0.25) is 20.8 Å². The largest absolute Gasteiger partial charge is 0.544 e. The number of amides is 1. The van der Waals surface area contributed by atoms with Crippen LogP contribution in [0.15, 0.2) is 119 Å². The van der Waals surface area contributed by atoms with Gasteiger partial charge >= 0.3 is 5.69 Å². The van der Waals surface area contributed by atoms with Crippen molar-refractivity contribution in [2.45, 2.75) is 116 Å². The van der Waals surface area contributed by atoms with Crippen molar-refractivity contribution in [3.8, 4) is 29.1 Å². The van der Waals surface area contributed by atoms with Gasteiger partial charge in [-0.15, -0.1) is 0 Å². The van der Waals surface area contributed by atoms with Crippen LogP contribution in [0.5, 0.6) is 17.2 Å². The van der Waals surface area contributed by atoms with Crippen LogP contribution >= 0.6 is 8.53 Å². The first kappa shape index (κ1) is 56.2. The van der Waals surface area contributed by atoms with Crippen LogP contribution < -0.4 is 30.5 Å². The minimum atomic E-state index is -2.01. The Morgan fingerprint density at radius 3 is 2.01 bits per heavy atom. The predicted molar refractivity (Wildman–Crippen MR) is 287 cm³/mol. The Morgan fingerprint density at radius 1 is 0.890 bits per heavy atom. The summed E-state index contributed by atoms with van der Waals surface area (Å²) in [6, 6.07) is 32.8. The van der Waals surface area contributed by atoms with Crippen LogP contribution in [0, 0.1) is 18.4 Å². The van der Waals surface area contributed by atoms with E-state index in [1.165, 1.54) is 10.8 Å². The fraction of sp³-hybridized carbons (Fsp3) is 0.429. The zero-order chi connectivity index (χ0) is 52.9. The average Bonchev–Trinajstić information content (AvgIpc) is 3.76. The van der Waals surface area contributed by atoms with Gasteiger partial charge in [0.15, 0.2) is 0 Å². The van der Waals surface area contributed by atoms with Crippen molar-refractivity contribution >= 4 is 22.8 Å². The first-order valence-electron chi connectivity index (χ1n) is 24.5. The standard InChI is InChI=1S/C56H70N5O10PSi/c1-39(2)61(40(3)4)72(68-34-33-57-8)70-49-36-52(60-37-42(53(63)59-54(60)64)17-16-32-58-51(62)35-41-20-26-48(27-21-41)71-73(11,12)55(5,6)7)69-50(49)38-67-56(43-18-14-13-15-19-43,44-22-28-46(65-9)29-23-44)45-24-30-47(66-10)31-25-45/h13-15,18-31,37,39-40,49-50,52H,32-36,38H2,1-7,9-12H3,(H,58,62)(H,59,63,64)/t49-,50-,52-,72?/m1/s1. The molecule has 0 bridgehead atoms. The minimum Gasteiger partial charge on any atom is -0.544 e. The predicted octanol–water partition coefficient (Wildman–Crippen LogP) is 9.61. The molecule has 1 amide bonds. The number of aromatic nitrogens is 2. The smallest absolute Gasteiger partial charge is 0.330 e. The third-order valence-corrected chi connectivity index (χ3v) is 19.6. The highest BCUT2D eigenvalue weighted by Gasteiger charge is 2.45. The van der Waals surface area contributed by atoms with Gasteiger partial charge in [-0.2, -0.15) is 0 Å². The number of methoxy groups -OCH3 is 2. The number of H-pyrrole nitrogens is 1. The summed E-state index contributed by atoms with van der Waals surface area (Å²) in [5.74, 6) is 7.60. The van der Waals surface area contributed by atoms with E-state index in [0.717, 1.165) is 28.0 Å². The molecule has 4 aromatic carbocycles. The highest BCUT2D eigenvalue weighted by Crippen LogP contribution is 2.51. The Kier molecular flexibility index (Phi) is 19.4. The number of benzene rings is 4. The quantitative estimate of drug-likeness (QED) is 0.0170. The molecule has 4 atom stereocenters. The molecule has 0 saturated carbocycles. The maximum atomic E-state index is 13.7. The molecule has 1 fully saturated rings. The molecule has 15 nitrogen and oxygen atoms in total. The lowest BCUT2D eigenvalue weighted by Gasteiger charge is -2.39. The van der Waals surface area contributed by atoms with Crippen LogP contribution in [-0.4, -0.2) is 93.3 Å². The Balaban J connectivity index is 1.30. The number of hydrogen-bond acceptors (Lipinski definition) is 11. The third kappa shape index (κ3) is 14.2. The van der Waals surface area contributed by atoms with E-state index in [0.29, 0.717) is 11.5 Å². The highest BCUT2D eigenvalue weighted by atomic mass is 31.2. The second-order valence-electron chi connectivity index (χ2n) is 19.8. The second kappa shape index (κ2) is 25.2. The first-order valence-corrected chi connectivity index (χ1v) is 28.6. The summed E-state index contributed by atoms with van der Waals surface area (Å²) < 4.78 is 48.5. The van der Waals surface area contributed by atoms with Crippen LogP contribution in [0.4, 0.5) is 0 Å². The van der Waals surface area contributed by atoms with Crippen LogP contribution in [-0.2, 0) is 35.3 Å². The molecule has 6 rings (SSSR count). The van der Waals surface area contributed by atoms with Gasteiger partial charge in [0.05, 0.1) is 39.9 Å². The van der Waals surface area contributed by atoms with Gasteiger partial charge < -0.3 is 42.6 Å². The van der Waals surface area contributed by atoms with Gasteiger partial charge in [0.25, 0.3) is 14.1 Å². The van der Waals surface area contributed by atoms with Crippen molar-refractivity contribution in [2.24, 2.45) is 0 Å². The molecular formula is C56H70N5O10PSi. The van der Waals surface area contributed by atoms with Gasteiger partial charge in [-0.3, -0.25) is 19.1 Å². The summed E-state index contributed by atoms with van der Waals surface area (Å²) in [5, 5.41) is 2.86. The first-order chi connectivity index (χ1) is 34.8. The zero-order valence-electron chi connectivity index (χ0n) is 43.9. The Bertz CT molecular complexity index is 2760. The van der Waals surface area contributed by atoms with Crippen molar-refractivity contribution in [3.63, 3.8) is 0 Å². The Labute approximate surface area is 432 Å². The number of ether oxygens (including phenoxy) is 4. The lowest BCUT2D eigenvalue weighted by Crippen LogP contribution is -2.43. The molecule has 388 valence electrons. The molecule has 1 unspecified atom stereocenters. The summed E-state index contributed by atoms with van der Waals surface area (Å²) in [4.78, 5) is 45.9. The maximum absolute atomic E-state index is 13.7. The van der Waals surface area contributed by atoms with Crippen LogP contribution in [0.3, 0.4) is 0 Å². The molecule has 0 spiro atoms. The molecule has 2 N–H and O–H groups in total. The second-order valence-corrected chi connectivity index (χ2v) is 25.9. The SMILES string of the molecule is [C-]#[N+]CCOP(O[C@@H]1C[C@H](n2cc(C#CCNC(=O)Cc3ccc(O[Si](C)(C)C(C)(C)C)cc3)c(=O)[nH]c2=O)O[C@@H]1COC(c1ccccc1)(c1ccc(OC)cc1)c1ccc(OC)cc1)N(C(C)C)C(C)C. The average molecular weight is 1030 g/mol. The van der Waals surface area contributed by atoms with E-state index in [-0.39, 0.29) is 67.7 Å². The molecule has 1 aromatic heterocycles. The van der Waals surface area contributed by atoms with Crippen molar-refractivity contribution in [2.75, 3.05) is 40.5 Å². The molecule has 1 aliphatic rings. The number of aromatic amines is 1. The number of nitrogens with one attached hydrogen (secondary N) is 2. The van der Waals surface area contributed by atoms with Gasteiger partial charge in [0, 0.05) is 24.7 Å². The summed E-state index contributed by atoms with van der Waals surface area (Å²) in [5.41, 5.74) is 0.687. The van der Waals surface area contributed by atoms with E-state index in [2.05, 4.69) is 93.2 Å². The van der Waals surface area contributed by atoms with E-state index >= 15 is 0 Å². The molecular weight excluding hydrogens is 962 g/mol. The fourth-order valence-electron chi connectivity index (χ4n) is 8.26. The minimum absolute atomic E-state index is 0.00423. The Morgan fingerprint density at radius 2 is 1.47 bits per heavy atom. The van der Waals surface area contributed by atoms with E-state index < -0.39 is 52.1 Å². The number of rotatable bonds is 22. The van der Waals surface area contributed by atoms with E-state index in [1.54, 1.807) is 14.2 Å². The normalized spacial score (nSPS) is 16.4. The van der Waals surface area contributed by atoms with Gasteiger partial charge in [-0.25, -0.2) is 16.0 Å². The van der Waals surface area contributed by atoms with Gasteiger partial charge in [-0.1, -0.05) is 99.3 Å². The fourth-order valence-corrected chi connectivity index (χ4v) is 11.0. The van der Waals surface area contributed by atoms with E-state index in [9.17, 15) is 14.4 Å². The molecule has 5 aromatic rings. The molecule has 73 heavy (non-hydrogen) atoms. The molecule has 0 radical (unpaired) electrons. The summed E-state index contributed by atoms with van der Waals surface area (Å²) in [6.07, 6.45) is -0.794. The molecule has 2 heterocycles. The number of carbonyl (C=O) groups is 1. The Hall–Kier alpha value is -6.07. The van der Waals surface area contributed by atoms with Crippen LogP contribution in [0.1, 0.15) is 88.9 Å². The van der Waals surface area contributed by atoms with Crippen LogP contribution in [0.2, 0.25) is 18.1 Å².